The zero-order chi connectivity index (χ0) is 16.1. The van der Waals surface area contributed by atoms with Gasteiger partial charge in [0.2, 0.25) is 0 Å². The summed E-state index contributed by atoms with van der Waals surface area (Å²) in [6.45, 7) is 4.63. The highest BCUT2D eigenvalue weighted by Crippen LogP contribution is 2.41. The Morgan fingerprint density at radius 1 is 1.13 bits per heavy atom. The van der Waals surface area contributed by atoms with Gasteiger partial charge in [-0.1, -0.05) is 44.9 Å². The molecule has 0 atom stereocenters. The maximum Gasteiger partial charge on any atom is 0.0974 e. The van der Waals surface area contributed by atoms with E-state index in [2.05, 4.69) is 32.1 Å². The highest BCUT2D eigenvalue weighted by molar-refractivity contribution is 7.11. The van der Waals surface area contributed by atoms with Gasteiger partial charge in [0.25, 0.3) is 0 Å². The van der Waals surface area contributed by atoms with E-state index in [9.17, 15) is 0 Å². The monoisotopic (exact) mass is 329 g/mol. The predicted octanol–water partition coefficient (Wildman–Crippen LogP) is 6.60. The van der Waals surface area contributed by atoms with Crippen LogP contribution in [0, 0.1) is 5.92 Å². The molecule has 2 aliphatic carbocycles. The summed E-state index contributed by atoms with van der Waals surface area (Å²) in [5.41, 5.74) is 2.89. The number of allylic oxidation sites excluding steroid dienone is 4. The largest absolute Gasteiger partial charge is 0.246 e. The van der Waals surface area contributed by atoms with Crippen molar-refractivity contribution in [1.82, 2.24) is 4.98 Å². The molecule has 0 unspecified atom stereocenters. The van der Waals surface area contributed by atoms with Crippen LogP contribution in [0.15, 0.2) is 23.8 Å². The van der Waals surface area contributed by atoms with Crippen LogP contribution >= 0.6 is 11.3 Å². The molecule has 126 valence electrons. The highest BCUT2D eigenvalue weighted by atomic mass is 32.1. The second-order valence-corrected chi connectivity index (χ2v) is 8.35. The number of aryl methyl sites for hydroxylation is 1. The summed E-state index contributed by atoms with van der Waals surface area (Å²) in [7, 11) is 0. The summed E-state index contributed by atoms with van der Waals surface area (Å²) in [5.74, 6) is 1.77. The Balaban J connectivity index is 1.73. The number of nitrogens with zero attached hydrogens (tertiary/aromatic N) is 1. The Morgan fingerprint density at radius 3 is 2.61 bits per heavy atom. The quantitative estimate of drug-likeness (QED) is 0.573. The van der Waals surface area contributed by atoms with Gasteiger partial charge >= 0.3 is 0 Å². The van der Waals surface area contributed by atoms with Crippen LogP contribution in [0.1, 0.15) is 86.7 Å². The average Bonchev–Trinajstić information content (AvgIpc) is 2.99. The van der Waals surface area contributed by atoms with Gasteiger partial charge in [-0.2, -0.15) is 0 Å². The summed E-state index contributed by atoms with van der Waals surface area (Å²) >= 11 is 2.02. The van der Waals surface area contributed by atoms with Crippen LogP contribution in [-0.4, -0.2) is 4.98 Å². The van der Waals surface area contributed by atoms with Crippen molar-refractivity contribution in [3.63, 3.8) is 0 Å². The molecule has 0 aliphatic heterocycles. The van der Waals surface area contributed by atoms with E-state index < -0.39 is 0 Å². The van der Waals surface area contributed by atoms with Gasteiger partial charge in [0, 0.05) is 11.3 Å². The molecular weight excluding hydrogens is 298 g/mol. The normalized spacial score (nSPS) is 24.7. The molecule has 1 heterocycles. The molecule has 1 aromatic heterocycles. The van der Waals surface area contributed by atoms with Gasteiger partial charge in [-0.25, -0.2) is 4.98 Å². The third-order valence-corrected chi connectivity index (χ3v) is 6.74. The van der Waals surface area contributed by atoms with Crippen molar-refractivity contribution in [2.45, 2.75) is 84.0 Å². The SMILES string of the molecule is CCCc1nc(CC2=CCCC=C2)sc1C1CCC(CC)CC1. The fourth-order valence-electron chi connectivity index (χ4n) is 4.03. The number of aromatic nitrogens is 1. The van der Waals surface area contributed by atoms with Crippen molar-refractivity contribution in [3.8, 4) is 0 Å². The minimum absolute atomic E-state index is 0.793. The second kappa shape index (κ2) is 8.28. The number of rotatable bonds is 6. The molecular formula is C21H31NS. The van der Waals surface area contributed by atoms with E-state index >= 15 is 0 Å². The molecule has 0 saturated heterocycles. The predicted molar refractivity (Wildman–Crippen MR) is 101 cm³/mol. The average molecular weight is 330 g/mol. The first-order chi connectivity index (χ1) is 11.3. The molecule has 0 aromatic carbocycles. The molecule has 0 N–H and O–H groups in total. The first kappa shape index (κ1) is 17.0. The standard InChI is InChI=1S/C21H31NS/c1-3-8-19-21(18-13-11-16(4-2)12-14-18)23-20(22-19)15-17-9-6-5-7-10-17/h6,9-10,16,18H,3-5,7-8,11-15H2,1-2H3. The lowest BCUT2D eigenvalue weighted by atomic mass is 9.80. The fourth-order valence-corrected chi connectivity index (χ4v) is 5.35. The molecule has 2 heteroatoms. The zero-order valence-corrected chi connectivity index (χ0v) is 15.6. The summed E-state index contributed by atoms with van der Waals surface area (Å²) in [5, 5.41) is 1.35. The van der Waals surface area contributed by atoms with Crippen molar-refractivity contribution in [2.75, 3.05) is 0 Å². The topological polar surface area (TPSA) is 12.9 Å². The fraction of sp³-hybridized carbons (Fsp3) is 0.667. The first-order valence-corrected chi connectivity index (χ1v) is 10.5. The van der Waals surface area contributed by atoms with Crippen LogP contribution < -0.4 is 0 Å². The van der Waals surface area contributed by atoms with E-state index in [0.717, 1.165) is 24.7 Å². The molecule has 3 rings (SSSR count). The van der Waals surface area contributed by atoms with Crippen LogP contribution in [0.2, 0.25) is 0 Å². The van der Waals surface area contributed by atoms with Crippen LogP contribution in [0.3, 0.4) is 0 Å². The Bertz CT molecular complexity index is 558. The van der Waals surface area contributed by atoms with Crippen molar-refractivity contribution in [1.29, 1.82) is 0 Å². The zero-order valence-electron chi connectivity index (χ0n) is 14.8. The molecule has 1 fully saturated rings. The summed E-state index contributed by atoms with van der Waals surface area (Å²) in [4.78, 5) is 6.69. The molecule has 0 amide bonds. The summed E-state index contributed by atoms with van der Waals surface area (Å²) in [6.07, 6.45) is 19.8. The summed E-state index contributed by atoms with van der Waals surface area (Å²) in [6, 6.07) is 0. The van der Waals surface area contributed by atoms with Crippen molar-refractivity contribution in [3.05, 3.63) is 39.4 Å². The summed E-state index contributed by atoms with van der Waals surface area (Å²) < 4.78 is 0. The Labute approximate surface area is 145 Å². The molecule has 0 radical (unpaired) electrons. The third kappa shape index (κ3) is 4.35. The van der Waals surface area contributed by atoms with Gasteiger partial charge in [0.15, 0.2) is 0 Å². The van der Waals surface area contributed by atoms with Gasteiger partial charge < -0.3 is 0 Å². The van der Waals surface area contributed by atoms with Crippen LogP contribution in [-0.2, 0) is 12.8 Å². The minimum atomic E-state index is 0.793. The second-order valence-electron chi connectivity index (χ2n) is 7.23. The molecule has 1 aromatic rings. The molecule has 0 spiro atoms. The number of hydrogen-bond donors (Lipinski definition) is 0. The highest BCUT2D eigenvalue weighted by Gasteiger charge is 2.25. The molecule has 1 saturated carbocycles. The first-order valence-electron chi connectivity index (χ1n) is 9.64. The van der Waals surface area contributed by atoms with Crippen molar-refractivity contribution in [2.24, 2.45) is 5.92 Å². The van der Waals surface area contributed by atoms with Crippen LogP contribution in [0.25, 0.3) is 0 Å². The third-order valence-electron chi connectivity index (χ3n) is 5.48. The van der Waals surface area contributed by atoms with E-state index in [1.54, 1.807) is 4.88 Å². The number of hydrogen-bond acceptors (Lipinski definition) is 2. The maximum atomic E-state index is 5.05. The molecule has 0 bridgehead atoms. The Hall–Kier alpha value is -0.890. The van der Waals surface area contributed by atoms with Crippen LogP contribution in [0.5, 0.6) is 0 Å². The van der Waals surface area contributed by atoms with E-state index in [-0.39, 0.29) is 0 Å². The van der Waals surface area contributed by atoms with E-state index in [0.29, 0.717) is 0 Å². The van der Waals surface area contributed by atoms with Gasteiger partial charge in [-0.15, -0.1) is 11.3 Å². The van der Waals surface area contributed by atoms with Crippen molar-refractivity contribution < 1.29 is 0 Å². The van der Waals surface area contributed by atoms with Gasteiger partial charge in [0.05, 0.1) is 10.7 Å². The molecule has 23 heavy (non-hydrogen) atoms. The van der Waals surface area contributed by atoms with Crippen molar-refractivity contribution >= 4 is 11.3 Å². The lowest BCUT2D eigenvalue weighted by molar-refractivity contribution is 0.320. The minimum Gasteiger partial charge on any atom is -0.246 e. The van der Waals surface area contributed by atoms with Gasteiger partial charge in [0.1, 0.15) is 0 Å². The number of thiazole rings is 1. The van der Waals surface area contributed by atoms with Gasteiger partial charge in [-0.05, 0) is 62.4 Å². The Kier molecular flexibility index (Phi) is 6.10. The Morgan fingerprint density at radius 2 is 1.96 bits per heavy atom. The van der Waals surface area contributed by atoms with Crippen LogP contribution in [0.4, 0.5) is 0 Å². The lowest BCUT2D eigenvalue weighted by Gasteiger charge is -2.27. The molecule has 2 aliphatic rings. The van der Waals surface area contributed by atoms with E-state index in [1.165, 1.54) is 67.6 Å². The smallest absolute Gasteiger partial charge is 0.0974 e. The lowest BCUT2D eigenvalue weighted by Crippen LogP contribution is -2.12. The van der Waals surface area contributed by atoms with E-state index in [4.69, 9.17) is 4.98 Å². The van der Waals surface area contributed by atoms with Gasteiger partial charge in [-0.3, -0.25) is 0 Å². The molecule has 1 nitrogen and oxygen atoms in total. The van der Waals surface area contributed by atoms with E-state index in [1.807, 2.05) is 11.3 Å². The maximum absolute atomic E-state index is 5.05.